The van der Waals surface area contributed by atoms with Crippen LogP contribution in [-0.2, 0) is 5.75 Å². The highest BCUT2D eigenvalue weighted by Crippen LogP contribution is 2.22. The van der Waals surface area contributed by atoms with Crippen molar-refractivity contribution in [2.45, 2.75) is 10.6 Å². The zero-order valence-electron chi connectivity index (χ0n) is 13.5. The normalized spacial score (nSPS) is 10.7. The number of rotatable bonds is 6. The Morgan fingerprint density at radius 2 is 1.84 bits per heavy atom. The molecule has 0 aliphatic carbocycles. The molecule has 0 atom stereocenters. The molecular formula is C20H17N3OS. The second-order valence-electron chi connectivity index (χ2n) is 5.28. The van der Waals surface area contributed by atoms with Gasteiger partial charge in [0.1, 0.15) is 0 Å². The third-order valence-corrected chi connectivity index (χ3v) is 4.51. The Bertz CT molecular complexity index is 834. The van der Waals surface area contributed by atoms with Gasteiger partial charge in [0.25, 0.3) is 5.91 Å². The minimum atomic E-state index is -0.234. The van der Waals surface area contributed by atoms with Crippen molar-refractivity contribution in [3.63, 3.8) is 0 Å². The molecule has 3 aromatic rings. The number of hydrazone groups is 1. The highest BCUT2D eigenvalue weighted by molar-refractivity contribution is 7.98. The lowest BCUT2D eigenvalue weighted by Crippen LogP contribution is -2.17. The van der Waals surface area contributed by atoms with E-state index >= 15 is 0 Å². The lowest BCUT2D eigenvalue weighted by molar-refractivity contribution is 0.0955. The van der Waals surface area contributed by atoms with Gasteiger partial charge in [-0.25, -0.2) is 5.43 Å². The summed E-state index contributed by atoms with van der Waals surface area (Å²) < 4.78 is 0. The first-order valence-electron chi connectivity index (χ1n) is 7.81. The molecule has 124 valence electrons. The summed E-state index contributed by atoms with van der Waals surface area (Å²) in [6, 6.07) is 21.5. The number of aromatic nitrogens is 1. The highest BCUT2D eigenvalue weighted by Gasteiger charge is 2.04. The van der Waals surface area contributed by atoms with Gasteiger partial charge < -0.3 is 0 Å². The van der Waals surface area contributed by atoms with Gasteiger partial charge in [0.05, 0.1) is 6.21 Å². The fourth-order valence-corrected chi connectivity index (χ4v) is 2.99. The zero-order chi connectivity index (χ0) is 17.3. The van der Waals surface area contributed by atoms with Crippen molar-refractivity contribution in [2.24, 2.45) is 5.10 Å². The fourth-order valence-electron chi connectivity index (χ4n) is 2.12. The third-order valence-electron chi connectivity index (χ3n) is 3.43. The average molecular weight is 347 g/mol. The fraction of sp³-hybridized carbons (Fsp3) is 0.0500. The summed E-state index contributed by atoms with van der Waals surface area (Å²) in [5, 5.41) is 3.95. The Kier molecular flexibility index (Phi) is 5.96. The molecule has 0 radical (unpaired) electrons. The molecule has 5 heteroatoms. The summed E-state index contributed by atoms with van der Waals surface area (Å²) in [5.74, 6) is 0.632. The van der Waals surface area contributed by atoms with Crippen LogP contribution in [0.3, 0.4) is 0 Å². The van der Waals surface area contributed by atoms with Crippen molar-refractivity contribution in [2.75, 3.05) is 0 Å². The van der Waals surface area contributed by atoms with Gasteiger partial charge >= 0.3 is 0 Å². The molecule has 0 unspecified atom stereocenters. The number of nitrogens with one attached hydrogen (secondary N) is 1. The number of hydrogen-bond acceptors (Lipinski definition) is 4. The molecule has 1 amide bonds. The van der Waals surface area contributed by atoms with Gasteiger partial charge in [0.15, 0.2) is 0 Å². The van der Waals surface area contributed by atoms with E-state index in [1.54, 1.807) is 30.4 Å². The second kappa shape index (κ2) is 8.80. The summed E-state index contributed by atoms with van der Waals surface area (Å²) in [7, 11) is 0. The molecule has 0 aliphatic rings. The molecule has 4 nitrogen and oxygen atoms in total. The van der Waals surface area contributed by atoms with Crippen LogP contribution in [-0.4, -0.2) is 17.1 Å². The van der Waals surface area contributed by atoms with Crippen molar-refractivity contribution in [3.8, 4) is 0 Å². The smallest absolute Gasteiger partial charge is 0.267 e. The van der Waals surface area contributed by atoms with Crippen LogP contribution in [0.15, 0.2) is 89.1 Å². The van der Waals surface area contributed by atoms with Crippen LogP contribution < -0.4 is 5.43 Å². The number of carbonyl (C=O) groups excluding carboxylic acids is 1. The molecule has 0 bridgehead atoms. The van der Waals surface area contributed by atoms with E-state index in [-0.39, 0.29) is 5.91 Å². The number of nitrogens with zero attached hydrogens (tertiary/aromatic N) is 2. The minimum absolute atomic E-state index is 0.234. The van der Waals surface area contributed by atoms with E-state index in [0.29, 0.717) is 5.56 Å². The van der Waals surface area contributed by atoms with Crippen LogP contribution in [0.4, 0.5) is 0 Å². The predicted molar refractivity (Wildman–Crippen MR) is 102 cm³/mol. The Morgan fingerprint density at radius 3 is 2.56 bits per heavy atom. The summed E-state index contributed by atoms with van der Waals surface area (Å²) >= 11 is 1.77. The lowest BCUT2D eigenvalue weighted by Gasteiger charge is -2.04. The van der Waals surface area contributed by atoms with Gasteiger partial charge in [-0.3, -0.25) is 9.78 Å². The number of thioether (sulfide) groups is 1. The van der Waals surface area contributed by atoms with Crippen molar-refractivity contribution in [1.29, 1.82) is 0 Å². The SMILES string of the molecule is O=C(N/N=C\c1cccnc1)c1ccc(CSc2ccccc2)cc1. The maximum absolute atomic E-state index is 12.1. The van der Waals surface area contributed by atoms with Gasteiger partial charge in [-0.15, -0.1) is 11.8 Å². The van der Waals surface area contributed by atoms with Crippen LogP contribution in [0.2, 0.25) is 0 Å². The van der Waals surface area contributed by atoms with Gasteiger partial charge in [-0.2, -0.15) is 5.10 Å². The topological polar surface area (TPSA) is 54.4 Å². The van der Waals surface area contributed by atoms with Crippen LogP contribution in [0.1, 0.15) is 21.5 Å². The first-order valence-corrected chi connectivity index (χ1v) is 8.80. The number of hydrogen-bond donors (Lipinski definition) is 1. The molecule has 0 spiro atoms. The molecule has 1 N–H and O–H groups in total. The first-order chi connectivity index (χ1) is 12.3. The zero-order valence-corrected chi connectivity index (χ0v) is 14.3. The van der Waals surface area contributed by atoms with Gasteiger partial charge in [0, 0.05) is 34.2 Å². The standard InChI is InChI=1S/C20H17N3OS/c24-20(23-22-14-17-5-4-12-21-13-17)18-10-8-16(9-11-18)15-25-19-6-2-1-3-7-19/h1-14H,15H2,(H,23,24)/b22-14-. The monoisotopic (exact) mass is 347 g/mol. The summed E-state index contributed by atoms with van der Waals surface area (Å²) in [4.78, 5) is 17.3. The maximum Gasteiger partial charge on any atom is 0.271 e. The van der Waals surface area contributed by atoms with Crippen LogP contribution >= 0.6 is 11.8 Å². The molecule has 0 saturated heterocycles. The lowest BCUT2D eigenvalue weighted by atomic mass is 10.1. The minimum Gasteiger partial charge on any atom is -0.267 e. The van der Waals surface area contributed by atoms with Gasteiger partial charge in [-0.1, -0.05) is 36.4 Å². The third kappa shape index (κ3) is 5.29. The molecule has 1 heterocycles. The van der Waals surface area contributed by atoms with E-state index in [1.165, 1.54) is 10.5 Å². The van der Waals surface area contributed by atoms with E-state index in [4.69, 9.17) is 0 Å². The predicted octanol–water partition coefficient (Wildman–Crippen LogP) is 4.14. The molecule has 3 rings (SSSR count). The van der Waals surface area contributed by atoms with Crippen molar-refractivity contribution >= 4 is 23.9 Å². The number of benzene rings is 2. The number of carbonyl (C=O) groups is 1. The molecule has 0 aliphatic heterocycles. The number of amides is 1. The molecule has 2 aromatic carbocycles. The van der Waals surface area contributed by atoms with Crippen LogP contribution in [0.25, 0.3) is 0 Å². The van der Waals surface area contributed by atoms with Gasteiger partial charge in [-0.05, 0) is 35.9 Å². The van der Waals surface area contributed by atoms with E-state index in [9.17, 15) is 4.79 Å². The molecular weight excluding hydrogens is 330 g/mol. The number of pyridine rings is 1. The first kappa shape index (κ1) is 16.9. The van der Waals surface area contributed by atoms with Crippen molar-refractivity contribution < 1.29 is 4.79 Å². The Balaban J connectivity index is 1.52. The van der Waals surface area contributed by atoms with Crippen LogP contribution in [0, 0.1) is 0 Å². The van der Waals surface area contributed by atoms with Gasteiger partial charge in [0.2, 0.25) is 0 Å². The average Bonchev–Trinajstić information content (AvgIpc) is 2.68. The Hall–Kier alpha value is -2.92. The van der Waals surface area contributed by atoms with Crippen molar-refractivity contribution in [1.82, 2.24) is 10.4 Å². The highest BCUT2D eigenvalue weighted by atomic mass is 32.2. The molecule has 1 aromatic heterocycles. The quantitative estimate of drug-likeness (QED) is 0.414. The van der Waals surface area contributed by atoms with E-state index < -0.39 is 0 Å². The molecule has 25 heavy (non-hydrogen) atoms. The summed E-state index contributed by atoms with van der Waals surface area (Å²) in [5.41, 5.74) is 5.10. The molecule has 0 fully saturated rings. The Labute approximate surface area is 151 Å². The Morgan fingerprint density at radius 1 is 1.04 bits per heavy atom. The van der Waals surface area contributed by atoms with Crippen molar-refractivity contribution in [3.05, 3.63) is 95.8 Å². The van der Waals surface area contributed by atoms with E-state index in [0.717, 1.165) is 11.3 Å². The van der Waals surface area contributed by atoms with E-state index in [1.807, 2.05) is 54.6 Å². The van der Waals surface area contributed by atoms with E-state index in [2.05, 4.69) is 27.6 Å². The maximum atomic E-state index is 12.1. The molecule has 0 saturated carbocycles. The second-order valence-corrected chi connectivity index (χ2v) is 6.33. The van der Waals surface area contributed by atoms with Crippen LogP contribution in [0.5, 0.6) is 0 Å². The summed E-state index contributed by atoms with van der Waals surface area (Å²) in [6.07, 6.45) is 4.93. The summed E-state index contributed by atoms with van der Waals surface area (Å²) in [6.45, 7) is 0. The largest absolute Gasteiger partial charge is 0.271 e.